The van der Waals surface area contributed by atoms with E-state index in [1.165, 1.54) is 17.7 Å². The molecule has 0 aromatic carbocycles. The zero-order chi connectivity index (χ0) is 22.5. The van der Waals surface area contributed by atoms with Gasteiger partial charge in [-0.25, -0.2) is 15.0 Å². The highest BCUT2D eigenvalue weighted by molar-refractivity contribution is 7.20. The number of carbonyl (C=O) groups excluding carboxylic acids is 1. The maximum atomic E-state index is 13.4. The molecule has 0 unspecified atom stereocenters. The lowest BCUT2D eigenvalue weighted by atomic mass is 10.1. The van der Waals surface area contributed by atoms with E-state index < -0.39 is 0 Å². The highest BCUT2D eigenvalue weighted by Gasteiger charge is 2.23. The number of amides is 1. The minimum atomic E-state index is -0.0427. The second-order valence-corrected chi connectivity index (χ2v) is 8.25. The molecule has 0 saturated carbocycles. The standard InChI is InChI=1S/C23H24N6O2S/c1-4-17-19-21(26-12-16-6-5-8-24-11-16)27-14-28-22(19)32-20(17)23(30)29(2)13-15-7-9-25-18(10-15)31-3/h5-11,14H,4,12-13H2,1-3H3,(H,26,27,28). The first-order chi connectivity index (χ1) is 15.6. The van der Waals surface area contributed by atoms with Gasteiger partial charge < -0.3 is 15.0 Å². The van der Waals surface area contributed by atoms with E-state index in [-0.39, 0.29) is 5.91 Å². The van der Waals surface area contributed by atoms with Gasteiger partial charge in [0.2, 0.25) is 5.88 Å². The van der Waals surface area contributed by atoms with E-state index in [1.54, 1.807) is 31.5 Å². The summed E-state index contributed by atoms with van der Waals surface area (Å²) in [5, 5.41) is 4.29. The number of methoxy groups -OCH3 is 1. The van der Waals surface area contributed by atoms with Crippen molar-refractivity contribution < 1.29 is 9.53 Å². The van der Waals surface area contributed by atoms with Crippen LogP contribution in [0, 0.1) is 0 Å². The Kier molecular flexibility index (Phi) is 6.55. The minimum absolute atomic E-state index is 0.0427. The number of pyridine rings is 2. The predicted octanol–water partition coefficient (Wildman–Crippen LogP) is 3.94. The van der Waals surface area contributed by atoms with Gasteiger partial charge in [0.15, 0.2) is 0 Å². The summed E-state index contributed by atoms with van der Waals surface area (Å²) >= 11 is 1.41. The number of fused-ring (bicyclic) bond motifs is 1. The van der Waals surface area contributed by atoms with Crippen LogP contribution >= 0.6 is 11.3 Å². The van der Waals surface area contributed by atoms with E-state index in [9.17, 15) is 4.79 Å². The van der Waals surface area contributed by atoms with Crippen LogP contribution in [0.5, 0.6) is 5.88 Å². The van der Waals surface area contributed by atoms with Gasteiger partial charge in [-0.15, -0.1) is 11.3 Å². The summed E-state index contributed by atoms with van der Waals surface area (Å²) in [4.78, 5) is 33.7. The molecule has 0 saturated heterocycles. The van der Waals surface area contributed by atoms with Crippen LogP contribution in [-0.4, -0.2) is 44.9 Å². The summed E-state index contributed by atoms with van der Waals surface area (Å²) in [5.74, 6) is 1.21. The molecule has 0 aliphatic carbocycles. The fourth-order valence-electron chi connectivity index (χ4n) is 3.50. The molecule has 4 aromatic rings. The van der Waals surface area contributed by atoms with Crippen molar-refractivity contribution in [3.8, 4) is 5.88 Å². The average molecular weight is 449 g/mol. The van der Waals surface area contributed by atoms with E-state index >= 15 is 0 Å². The Morgan fingerprint density at radius 1 is 1.19 bits per heavy atom. The van der Waals surface area contributed by atoms with Crippen molar-refractivity contribution in [2.24, 2.45) is 0 Å². The molecular weight excluding hydrogens is 424 g/mol. The lowest BCUT2D eigenvalue weighted by Crippen LogP contribution is -2.26. The fraction of sp³-hybridized carbons (Fsp3) is 0.261. The van der Waals surface area contributed by atoms with Crippen LogP contribution in [-0.2, 0) is 19.5 Å². The van der Waals surface area contributed by atoms with Gasteiger partial charge in [-0.3, -0.25) is 9.78 Å². The van der Waals surface area contributed by atoms with Crippen LogP contribution < -0.4 is 10.1 Å². The second kappa shape index (κ2) is 9.69. The van der Waals surface area contributed by atoms with E-state index in [0.717, 1.165) is 32.7 Å². The van der Waals surface area contributed by atoms with Crippen LogP contribution in [0.15, 0.2) is 49.2 Å². The van der Waals surface area contributed by atoms with Gasteiger partial charge >= 0.3 is 0 Å². The SMILES string of the molecule is CCc1c(C(=O)N(C)Cc2ccnc(OC)c2)sc2ncnc(NCc3cccnc3)c12. The van der Waals surface area contributed by atoms with Crippen molar-refractivity contribution in [3.63, 3.8) is 0 Å². The number of hydrogen-bond donors (Lipinski definition) is 1. The summed E-state index contributed by atoms with van der Waals surface area (Å²) in [6.45, 7) is 3.09. The summed E-state index contributed by atoms with van der Waals surface area (Å²) in [6.07, 6.45) is 7.48. The predicted molar refractivity (Wildman–Crippen MR) is 125 cm³/mol. The summed E-state index contributed by atoms with van der Waals surface area (Å²) < 4.78 is 5.19. The average Bonchev–Trinajstić information content (AvgIpc) is 3.22. The lowest BCUT2D eigenvalue weighted by molar-refractivity contribution is 0.0789. The molecule has 0 atom stereocenters. The lowest BCUT2D eigenvalue weighted by Gasteiger charge is -2.17. The summed E-state index contributed by atoms with van der Waals surface area (Å²) in [6, 6.07) is 7.62. The zero-order valence-corrected chi connectivity index (χ0v) is 19.0. The van der Waals surface area contributed by atoms with Crippen LogP contribution in [0.2, 0.25) is 0 Å². The Bertz CT molecular complexity index is 1230. The van der Waals surface area contributed by atoms with Crippen molar-refractivity contribution >= 4 is 33.3 Å². The van der Waals surface area contributed by atoms with Gasteiger partial charge in [0.05, 0.1) is 17.4 Å². The molecule has 8 nitrogen and oxygen atoms in total. The Labute approximate surface area is 190 Å². The van der Waals surface area contributed by atoms with E-state index in [0.29, 0.717) is 30.3 Å². The maximum Gasteiger partial charge on any atom is 0.264 e. The third-order valence-electron chi connectivity index (χ3n) is 5.09. The topological polar surface area (TPSA) is 93.1 Å². The smallest absolute Gasteiger partial charge is 0.264 e. The highest BCUT2D eigenvalue weighted by Crippen LogP contribution is 2.35. The molecule has 32 heavy (non-hydrogen) atoms. The molecule has 4 heterocycles. The summed E-state index contributed by atoms with van der Waals surface area (Å²) in [5.41, 5.74) is 2.96. The molecule has 0 fully saturated rings. The van der Waals surface area contributed by atoms with Gasteiger partial charge in [0, 0.05) is 44.8 Å². The second-order valence-electron chi connectivity index (χ2n) is 7.25. The van der Waals surface area contributed by atoms with E-state index in [4.69, 9.17) is 4.74 Å². The number of thiophene rings is 1. The molecule has 0 aliphatic rings. The summed E-state index contributed by atoms with van der Waals surface area (Å²) in [7, 11) is 3.37. The molecule has 9 heteroatoms. The number of rotatable bonds is 8. The van der Waals surface area contributed by atoms with Crippen LogP contribution in [0.4, 0.5) is 5.82 Å². The number of hydrogen-bond acceptors (Lipinski definition) is 8. The number of aromatic nitrogens is 4. The molecular formula is C23H24N6O2S. The van der Waals surface area contributed by atoms with Crippen LogP contribution in [0.25, 0.3) is 10.2 Å². The number of aryl methyl sites for hydroxylation is 1. The van der Waals surface area contributed by atoms with Crippen molar-refractivity contribution in [1.82, 2.24) is 24.8 Å². The number of nitrogens with zero attached hydrogens (tertiary/aromatic N) is 5. The third kappa shape index (κ3) is 4.52. The fourth-order valence-corrected chi connectivity index (χ4v) is 4.73. The van der Waals surface area contributed by atoms with E-state index in [2.05, 4.69) is 25.3 Å². The van der Waals surface area contributed by atoms with Crippen molar-refractivity contribution in [1.29, 1.82) is 0 Å². The molecule has 0 spiro atoms. The first kappa shape index (κ1) is 21.6. The van der Waals surface area contributed by atoms with Crippen molar-refractivity contribution in [2.75, 3.05) is 19.5 Å². The monoisotopic (exact) mass is 448 g/mol. The molecule has 4 aromatic heterocycles. The Morgan fingerprint density at radius 3 is 2.81 bits per heavy atom. The maximum absolute atomic E-state index is 13.4. The molecule has 1 N–H and O–H groups in total. The quantitative estimate of drug-likeness (QED) is 0.436. The van der Waals surface area contributed by atoms with Gasteiger partial charge in [-0.1, -0.05) is 13.0 Å². The van der Waals surface area contributed by atoms with Gasteiger partial charge in [0.25, 0.3) is 5.91 Å². The van der Waals surface area contributed by atoms with Gasteiger partial charge in [-0.2, -0.15) is 0 Å². The molecule has 164 valence electrons. The first-order valence-corrected chi connectivity index (χ1v) is 11.1. The molecule has 4 rings (SSSR count). The van der Waals surface area contributed by atoms with E-state index in [1.807, 2.05) is 37.4 Å². The number of ether oxygens (including phenoxy) is 1. The highest BCUT2D eigenvalue weighted by atomic mass is 32.1. The van der Waals surface area contributed by atoms with Crippen LogP contribution in [0.1, 0.15) is 33.3 Å². The third-order valence-corrected chi connectivity index (χ3v) is 6.22. The Morgan fingerprint density at radius 2 is 2.06 bits per heavy atom. The molecule has 1 amide bonds. The molecule has 0 bridgehead atoms. The number of nitrogens with one attached hydrogen (secondary N) is 1. The van der Waals surface area contributed by atoms with Crippen LogP contribution in [0.3, 0.4) is 0 Å². The van der Waals surface area contributed by atoms with Gasteiger partial charge in [0.1, 0.15) is 17.0 Å². The Balaban J connectivity index is 1.61. The first-order valence-electron chi connectivity index (χ1n) is 10.2. The Hall–Kier alpha value is -3.59. The largest absolute Gasteiger partial charge is 0.481 e. The minimum Gasteiger partial charge on any atom is -0.481 e. The zero-order valence-electron chi connectivity index (χ0n) is 18.2. The number of anilines is 1. The molecule has 0 radical (unpaired) electrons. The normalized spacial score (nSPS) is 10.8. The van der Waals surface area contributed by atoms with Crippen molar-refractivity contribution in [3.05, 3.63) is 70.8 Å². The molecule has 0 aliphatic heterocycles. The van der Waals surface area contributed by atoms with Gasteiger partial charge in [-0.05, 0) is 35.2 Å². The van der Waals surface area contributed by atoms with Crippen molar-refractivity contribution in [2.45, 2.75) is 26.4 Å². The number of carbonyl (C=O) groups is 1.